The van der Waals surface area contributed by atoms with Crippen molar-refractivity contribution in [1.82, 2.24) is 0 Å². The van der Waals surface area contributed by atoms with E-state index in [2.05, 4.69) is 20.9 Å². The Labute approximate surface area is 294 Å². The lowest BCUT2D eigenvalue weighted by atomic mass is 10.0. The second-order valence-electron chi connectivity index (χ2n) is 15.3. The summed E-state index contributed by atoms with van der Waals surface area (Å²) < 4.78 is 12.4. The summed E-state index contributed by atoms with van der Waals surface area (Å²) in [5.41, 5.74) is 0. The molecule has 3 nitrogen and oxygen atoms in total. The summed E-state index contributed by atoms with van der Waals surface area (Å²) in [6, 6.07) is 1.11. The van der Waals surface area contributed by atoms with Gasteiger partial charge in [-0.25, -0.2) is 0 Å². The van der Waals surface area contributed by atoms with E-state index in [1.807, 2.05) is 14.2 Å². The molecule has 0 aromatic carbocycles. The predicted molar refractivity (Wildman–Crippen MR) is 209 cm³/mol. The molecule has 0 unspecified atom stereocenters. The van der Waals surface area contributed by atoms with Gasteiger partial charge in [0.25, 0.3) is 0 Å². The molecule has 0 amide bonds. The van der Waals surface area contributed by atoms with E-state index in [0.29, 0.717) is 0 Å². The molecule has 0 saturated carbocycles. The molecule has 46 heavy (non-hydrogen) atoms. The molecule has 0 aliphatic rings. The van der Waals surface area contributed by atoms with Crippen LogP contribution >= 0.6 is 0 Å². The van der Waals surface area contributed by atoms with Crippen LogP contribution in [0.15, 0.2) is 0 Å². The average molecular weight is 668 g/mol. The van der Waals surface area contributed by atoms with E-state index in [0.717, 1.165) is 6.04 Å². The summed E-state index contributed by atoms with van der Waals surface area (Å²) in [7, 11) is 5.12. The molecule has 0 aliphatic carbocycles. The van der Waals surface area contributed by atoms with E-state index in [1.165, 1.54) is 236 Å². The van der Waals surface area contributed by atoms with Crippen LogP contribution in [0.4, 0.5) is 0 Å². The third kappa shape index (κ3) is 34.0. The van der Waals surface area contributed by atoms with Gasteiger partial charge in [-0.1, -0.05) is 194 Å². The van der Waals surface area contributed by atoms with Gasteiger partial charge in [0, 0.05) is 14.2 Å². The second-order valence-corrected chi connectivity index (χ2v) is 17.3. The molecule has 277 valence electrons. The molecule has 0 fully saturated rings. The summed E-state index contributed by atoms with van der Waals surface area (Å²) in [5, 5.41) is 0. The van der Waals surface area contributed by atoms with Crippen LogP contribution in [0.2, 0.25) is 6.04 Å². The molecule has 0 aliphatic heterocycles. The molecule has 0 saturated heterocycles. The van der Waals surface area contributed by atoms with Crippen molar-refractivity contribution in [1.29, 1.82) is 0 Å². The monoisotopic (exact) mass is 668 g/mol. The highest BCUT2D eigenvalue weighted by molar-refractivity contribution is 6.44. The van der Waals surface area contributed by atoms with E-state index < -0.39 is 9.28 Å². The molecular formula is C42H89NO2Si+. The third-order valence-corrected chi connectivity index (χ3v) is 12.3. The number of unbranched alkanes of at least 4 members (excludes halogenated alkanes) is 30. The predicted octanol–water partition coefficient (Wildman–Crippen LogP) is 14.1. The molecule has 0 rings (SSSR count). The van der Waals surface area contributed by atoms with Crippen LogP contribution in [0.3, 0.4) is 0 Å². The number of nitrogens with zero attached hydrogens (tertiary/aromatic N) is 1. The molecular weight excluding hydrogens is 579 g/mol. The highest BCUT2D eigenvalue weighted by Crippen LogP contribution is 2.18. The zero-order chi connectivity index (χ0) is 33.7. The Bertz CT molecular complexity index is 520. The van der Waals surface area contributed by atoms with Crippen molar-refractivity contribution in [2.45, 2.75) is 232 Å². The minimum Gasteiger partial charge on any atom is -0.397 e. The van der Waals surface area contributed by atoms with E-state index >= 15 is 0 Å². The fourth-order valence-corrected chi connectivity index (χ4v) is 8.33. The molecule has 0 atom stereocenters. The lowest BCUT2D eigenvalue weighted by Crippen LogP contribution is -2.46. The van der Waals surface area contributed by atoms with Gasteiger partial charge in [-0.2, -0.15) is 0 Å². The Balaban J connectivity index is 3.91. The first-order valence-corrected chi connectivity index (χ1v) is 22.9. The van der Waals surface area contributed by atoms with Gasteiger partial charge in [0.15, 0.2) is 0 Å². The van der Waals surface area contributed by atoms with E-state index in [9.17, 15) is 0 Å². The lowest BCUT2D eigenvalue weighted by Gasteiger charge is -2.35. The zero-order valence-electron chi connectivity index (χ0n) is 32.9. The van der Waals surface area contributed by atoms with Crippen LogP contribution in [-0.4, -0.2) is 54.7 Å². The van der Waals surface area contributed by atoms with Gasteiger partial charge in [0.05, 0.1) is 26.7 Å². The molecule has 0 bridgehead atoms. The first-order chi connectivity index (χ1) is 22.6. The standard InChI is InChI=1S/C42H89NO2Si/c1-6-8-10-12-14-16-18-20-22-24-26-28-30-32-34-36-39-43(3,41-38-42-46(44-4)45-5)40-37-35-33-31-29-27-25-23-21-19-17-15-13-11-9-7-2/h6-42H2,1-5H3/q+1. The summed E-state index contributed by atoms with van der Waals surface area (Å²) in [6.07, 6.45) is 47.6. The summed E-state index contributed by atoms with van der Waals surface area (Å²) in [5.74, 6) is 0. The SMILES string of the molecule is CCCCCCCCCCCCCCCCCC[N+](C)(CCCCCCCCCCCCCCCCCC)CCC[Si](OC)OC. The summed E-state index contributed by atoms with van der Waals surface area (Å²) in [4.78, 5) is 0. The molecule has 0 aromatic heterocycles. The van der Waals surface area contributed by atoms with Gasteiger partial charge in [-0.3, -0.25) is 0 Å². The van der Waals surface area contributed by atoms with Crippen molar-refractivity contribution in [2.75, 3.05) is 40.9 Å². The number of quaternary nitrogens is 1. The Morgan fingerprint density at radius 3 is 0.783 bits per heavy atom. The quantitative estimate of drug-likeness (QED) is 0.0368. The van der Waals surface area contributed by atoms with E-state index in [4.69, 9.17) is 8.85 Å². The molecule has 0 N–H and O–H groups in total. The third-order valence-electron chi connectivity index (χ3n) is 10.6. The van der Waals surface area contributed by atoms with Crippen LogP contribution in [0.25, 0.3) is 0 Å². The Hall–Kier alpha value is 0.0969. The summed E-state index contributed by atoms with van der Waals surface area (Å²) >= 11 is 0. The first kappa shape index (κ1) is 46.1. The Morgan fingerprint density at radius 2 is 0.543 bits per heavy atom. The van der Waals surface area contributed by atoms with Crippen molar-refractivity contribution >= 4 is 9.28 Å². The zero-order valence-corrected chi connectivity index (χ0v) is 33.9. The molecule has 1 radical (unpaired) electrons. The number of hydrogen-bond donors (Lipinski definition) is 0. The Kier molecular flexibility index (Phi) is 38.0. The maximum atomic E-state index is 5.57. The molecule has 0 heterocycles. The molecule has 0 spiro atoms. The highest BCUT2D eigenvalue weighted by Gasteiger charge is 2.22. The van der Waals surface area contributed by atoms with Crippen LogP contribution in [0.1, 0.15) is 226 Å². The van der Waals surface area contributed by atoms with Crippen molar-refractivity contribution in [3.05, 3.63) is 0 Å². The van der Waals surface area contributed by atoms with Crippen molar-refractivity contribution in [3.8, 4) is 0 Å². The highest BCUT2D eigenvalue weighted by atomic mass is 28.3. The van der Waals surface area contributed by atoms with Crippen molar-refractivity contribution in [3.63, 3.8) is 0 Å². The van der Waals surface area contributed by atoms with Gasteiger partial charge in [-0.15, -0.1) is 0 Å². The van der Waals surface area contributed by atoms with Crippen LogP contribution < -0.4 is 0 Å². The smallest absolute Gasteiger partial charge is 0.384 e. The molecule has 0 aromatic rings. The van der Waals surface area contributed by atoms with Crippen molar-refractivity contribution in [2.24, 2.45) is 0 Å². The normalized spacial score (nSPS) is 12.1. The van der Waals surface area contributed by atoms with Gasteiger partial charge >= 0.3 is 9.28 Å². The van der Waals surface area contributed by atoms with E-state index in [1.54, 1.807) is 0 Å². The van der Waals surface area contributed by atoms with Crippen LogP contribution in [0.5, 0.6) is 0 Å². The van der Waals surface area contributed by atoms with Gasteiger partial charge in [0.1, 0.15) is 0 Å². The molecule has 4 heteroatoms. The fourth-order valence-electron chi connectivity index (χ4n) is 7.31. The van der Waals surface area contributed by atoms with Gasteiger partial charge in [0.2, 0.25) is 0 Å². The van der Waals surface area contributed by atoms with E-state index in [-0.39, 0.29) is 0 Å². The van der Waals surface area contributed by atoms with Crippen LogP contribution in [-0.2, 0) is 8.85 Å². The number of hydrogen-bond acceptors (Lipinski definition) is 2. The minimum atomic E-state index is -1.06. The average Bonchev–Trinajstić information content (AvgIpc) is 3.06. The number of rotatable bonds is 40. The second kappa shape index (κ2) is 37.9. The Morgan fingerprint density at radius 1 is 0.326 bits per heavy atom. The van der Waals surface area contributed by atoms with Crippen molar-refractivity contribution < 1.29 is 13.3 Å². The maximum absolute atomic E-state index is 5.57. The van der Waals surface area contributed by atoms with Gasteiger partial charge in [-0.05, 0) is 38.1 Å². The van der Waals surface area contributed by atoms with Gasteiger partial charge < -0.3 is 13.3 Å². The minimum absolute atomic E-state index is 1.06. The lowest BCUT2D eigenvalue weighted by molar-refractivity contribution is -0.910. The van der Waals surface area contributed by atoms with Crippen LogP contribution in [0, 0.1) is 0 Å². The fraction of sp³-hybridized carbons (Fsp3) is 1.00. The maximum Gasteiger partial charge on any atom is 0.384 e. The largest absolute Gasteiger partial charge is 0.397 e. The first-order valence-electron chi connectivity index (χ1n) is 21.4. The topological polar surface area (TPSA) is 18.5 Å². The summed E-state index contributed by atoms with van der Waals surface area (Å²) in [6.45, 7) is 8.63.